The average Bonchev–Trinajstić information content (AvgIpc) is 2.29. The molecule has 94 valence electrons. The van der Waals surface area contributed by atoms with E-state index in [4.69, 9.17) is 0 Å². The van der Waals surface area contributed by atoms with Crippen molar-refractivity contribution >= 4 is 21.9 Å². The molecule has 0 aliphatic heterocycles. The fourth-order valence-corrected chi connectivity index (χ4v) is 1.30. The number of rotatable bonds is 5. The third-order valence-electron chi connectivity index (χ3n) is 2.04. The Hall–Kier alpha value is -1.04. The van der Waals surface area contributed by atoms with E-state index in [2.05, 4.69) is 25.7 Å². The van der Waals surface area contributed by atoms with Crippen LogP contribution in [-0.2, 0) is 15.5 Å². The van der Waals surface area contributed by atoms with Crippen LogP contribution in [-0.4, -0.2) is 17.6 Å². The molecule has 0 atom stereocenters. The first-order chi connectivity index (χ1) is 7.98. The highest BCUT2D eigenvalue weighted by Crippen LogP contribution is 2.28. The predicted molar refractivity (Wildman–Crippen MR) is 61.7 cm³/mol. The Morgan fingerprint density at radius 2 is 2.24 bits per heavy atom. The molecule has 0 aliphatic carbocycles. The van der Waals surface area contributed by atoms with Crippen LogP contribution in [0.25, 0.3) is 0 Å². The SMILES string of the molecule is CCCCOC(=O)C(F)(F)c1ccc(Br)cn1. The van der Waals surface area contributed by atoms with Gasteiger partial charge in [-0.1, -0.05) is 13.3 Å². The van der Waals surface area contributed by atoms with E-state index in [9.17, 15) is 13.6 Å². The summed E-state index contributed by atoms with van der Waals surface area (Å²) in [5.74, 6) is -5.25. The minimum absolute atomic E-state index is 0.00144. The maximum absolute atomic E-state index is 13.6. The van der Waals surface area contributed by atoms with Gasteiger partial charge in [0.1, 0.15) is 5.69 Å². The van der Waals surface area contributed by atoms with Crippen molar-refractivity contribution in [2.45, 2.75) is 25.7 Å². The molecule has 0 aliphatic rings. The van der Waals surface area contributed by atoms with Gasteiger partial charge in [0, 0.05) is 10.7 Å². The summed E-state index contributed by atoms with van der Waals surface area (Å²) >= 11 is 3.08. The predicted octanol–water partition coefficient (Wildman–Crippen LogP) is 3.28. The van der Waals surface area contributed by atoms with Gasteiger partial charge in [0.05, 0.1) is 6.61 Å². The molecule has 1 rings (SSSR count). The molecule has 3 nitrogen and oxygen atoms in total. The first kappa shape index (κ1) is 14.0. The molecule has 0 amide bonds. The molecule has 0 bridgehead atoms. The van der Waals surface area contributed by atoms with Crippen LogP contribution in [0.5, 0.6) is 0 Å². The van der Waals surface area contributed by atoms with E-state index in [1.165, 1.54) is 12.3 Å². The Kier molecular flexibility index (Phi) is 4.99. The summed E-state index contributed by atoms with van der Waals surface area (Å²) in [5.41, 5.74) is -0.609. The maximum Gasteiger partial charge on any atom is 0.384 e. The number of esters is 1. The van der Waals surface area contributed by atoms with Crippen LogP contribution < -0.4 is 0 Å². The molecule has 17 heavy (non-hydrogen) atoms. The third-order valence-corrected chi connectivity index (χ3v) is 2.51. The molecule has 0 saturated carbocycles. The Balaban J connectivity index is 2.72. The van der Waals surface area contributed by atoms with E-state index in [0.717, 1.165) is 12.5 Å². The topological polar surface area (TPSA) is 39.2 Å². The Bertz CT molecular complexity index is 382. The first-order valence-corrected chi connectivity index (χ1v) is 5.95. The van der Waals surface area contributed by atoms with Gasteiger partial charge in [-0.15, -0.1) is 0 Å². The van der Waals surface area contributed by atoms with Crippen molar-refractivity contribution in [1.29, 1.82) is 0 Å². The number of hydrogen-bond acceptors (Lipinski definition) is 3. The monoisotopic (exact) mass is 307 g/mol. The number of pyridine rings is 1. The van der Waals surface area contributed by atoms with Crippen LogP contribution in [0.3, 0.4) is 0 Å². The van der Waals surface area contributed by atoms with Crippen molar-refractivity contribution in [2.24, 2.45) is 0 Å². The summed E-state index contributed by atoms with van der Waals surface area (Å²) in [6, 6.07) is 2.49. The van der Waals surface area contributed by atoms with Crippen molar-refractivity contribution in [2.75, 3.05) is 6.61 Å². The number of carbonyl (C=O) groups is 1. The summed E-state index contributed by atoms with van der Waals surface area (Å²) in [5, 5.41) is 0. The smallest absolute Gasteiger partial charge is 0.384 e. The van der Waals surface area contributed by atoms with Crippen molar-refractivity contribution < 1.29 is 18.3 Å². The third kappa shape index (κ3) is 3.73. The molecule has 0 fully saturated rings. The van der Waals surface area contributed by atoms with E-state index in [0.29, 0.717) is 10.9 Å². The molecular weight excluding hydrogens is 296 g/mol. The minimum atomic E-state index is -3.70. The Labute approximate surface area is 106 Å². The number of unbranched alkanes of at least 4 members (excludes halogenated alkanes) is 1. The molecule has 0 N–H and O–H groups in total. The number of carbonyl (C=O) groups excluding carboxylic acids is 1. The van der Waals surface area contributed by atoms with Crippen LogP contribution in [0.2, 0.25) is 0 Å². The largest absolute Gasteiger partial charge is 0.461 e. The average molecular weight is 308 g/mol. The molecule has 0 spiro atoms. The zero-order chi connectivity index (χ0) is 12.9. The van der Waals surface area contributed by atoms with E-state index >= 15 is 0 Å². The Morgan fingerprint density at radius 3 is 2.76 bits per heavy atom. The number of hydrogen-bond donors (Lipinski definition) is 0. The lowest BCUT2D eigenvalue weighted by molar-refractivity contribution is -0.174. The summed E-state index contributed by atoms with van der Waals surface area (Å²) in [6.45, 7) is 1.88. The first-order valence-electron chi connectivity index (χ1n) is 5.15. The quantitative estimate of drug-likeness (QED) is 0.619. The van der Waals surface area contributed by atoms with E-state index in [1.807, 2.05) is 6.92 Å². The molecule has 0 aromatic carbocycles. The standard InChI is InChI=1S/C11H12BrF2NO2/c1-2-3-6-17-10(16)11(13,14)9-5-4-8(12)7-15-9/h4-5,7H,2-3,6H2,1H3. The van der Waals surface area contributed by atoms with Crippen LogP contribution in [0, 0.1) is 0 Å². The highest BCUT2D eigenvalue weighted by molar-refractivity contribution is 9.10. The van der Waals surface area contributed by atoms with Gasteiger partial charge >= 0.3 is 11.9 Å². The summed E-state index contributed by atoms with van der Waals surface area (Å²) < 4.78 is 32.2. The molecule has 0 unspecified atom stereocenters. The van der Waals surface area contributed by atoms with E-state index < -0.39 is 17.6 Å². The van der Waals surface area contributed by atoms with Gasteiger partial charge < -0.3 is 4.74 Å². The van der Waals surface area contributed by atoms with Crippen LogP contribution >= 0.6 is 15.9 Å². The van der Waals surface area contributed by atoms with Gasteiger partial charge in [-0.3, -0.25) is 4.98 Å². The van der Waals surface area contributed by atoms with Gasteiger partial charge in [0.15, 0.2) is 0 Å². The van der Waals surface area contributed by atoms with Gasteiger partial charge in [-0.25, -0.2) is 4.79 Å². The van der Waals surface area contributed by atoms with Gasteiger partial charge in [-0.05, 0) is 34.5 Å². The lowest BCUT2D eigenvalue weighted by Crippen LogP contribution is -2.29. The summed E-state index contributed by atoms with van der Waals surface area (Å²) in [7, 11) is 0. The number of halogens is 3. The maximum atomic E-state index is 13.6. The second-order valence-corrected chi connectivity index (χ2v) is 4.34. The molecule has 1 heterocycles. The lowest BCUT2D eigenvalue weighted by Gasteiger charge is -2.14. The fraction of sp³-hybridized carbons (Fsp3) is 0.455. The molecule has 0 saturated heterocycles. The molecule has 0 radical (unpaired) electrons. The number of alkyl halides is 2. The fourth-order valence-electron chi connectivity index (χ4n) is 1.07. The molecule has 6 heteroatoms. The second kappa shape index (κ2) is 6.05. The Morgan fingerprint density at radius 1 is 1.53 bits per heavy atom. The molecular formula is C11H12BrF2NO2. The van der Waals surface area contributed by atoms with Crippen molar-refractivity contribution in [3.63, 3.8) is 0 Å². The second-order valence-electron chi connectivity index (χ2n) is 3.43. The highest BCUT2D eigenvalue weighted by Gasteiger charge is 2.44. The zero-order valence-electron chi connectivity index (χ0n) is 9.25. The van der Waals surface area contributed by atoms with E-state index in [-0.39, 0.29) is 6.61 Å². The highest BCUT2D eigenvalue weighted by atomic mass is 79.9. The minimum Gasteiger partial charge on any atom is -0.461 e. The summed E-state index contributed by atoms with van der Waals surface area (Å²) in [4.78, 5) is 14.7. The zero-order valence-corrected chi connectivity index (χ0v) is 10.8. The van der Waals surface area contributed by atoms with Crippen molar-refractivity contribution in [1.82, 2.24) is 4.98 Å². The van der Waals surface area contributed by atoms with Crippen LogP contribution in [0.1, 0.15) is 25.5 Å². The van der Waals surface area contributed by atoms with Crippen LogP contribution in [0.4, 0.5) is 8.78 Å². The van der Waals surface area contributed by atoms with Crippen molar-refractivity contribution in [3.8, 4) is 0 Å². The lowest BCUT2D eigenvalue weighted by atomic mass is 10.2. The molecule has 1 aromatic heterocycles. The summed E-state index contributed by atoms with van der Waals surface area (Å²) in [6.07, 6.45) is 2.55. The van der Waals surface area contributed by atoms with Gasteiger partial charge in [0.2, 0.25) is 0 Å². The number of aromatic nitrogens is 1. The van der Waals surface area contributed by atoms with Gasteiger partial charge in [-0.2, -0.15) is 8.78 Å². The normalized spacial score (nSPS) is 11.3. The van der Waals surface area contributed by atoms with Crippen molar-refractivity contribution in [3.05, 3.63) is 28.5 Å². The number of nitrogens with zero attached hydrogens (tertiary/aromatic N) is 1. The number of ether oxygens (including phenoxy) is 1. The van der Waals surface area contributed by atoms with Gasteiger partial charge in [0.25, 0.3) is 0 Å². The van der Waals surface area contributed by atoms with E-state index in [1.54, 1.807) is 0 Å². The molecule has 1 aromatic rings. The van der Waals surface area contributed by atoms with Crippen LogP contribution in [0.15, 0.2) is 22.8 Å².